The molecule has 2 aromatic rings. The Hall–Kier alpha value is -2.02. The number of carbonyl (C=O) groups is 1. The normalized spacial score (nSPS) is 10.6. The third-order valence-electron chi connectivity index (χ3n) is 2.76. The number of hydrogen-bond donors (Lipinski definition) is 1. The molecule has 1 aromatic heterocycles. The zero-order valence-corrected chi connectivity index (χ0v) is 11.8. The van der Waals surface area contributed by atoms with Crippen molar-refractivity contribution in [1.29, 1.82) is 0 Å². The van der Waals surface area contributed by atoms with Crippen LogP contribution in [0.25, 0.3) is 0 Å². The fraction of sp³-hybridized carbons (Fsp3) is 0.231. The van der Waals surface area contributed by atoms with Crippen LogP contribution in [0.3, 0.4) is 0 Å². The van der Waals surface area contributed by atoms with Gasteiger partial charge >= 0.3 is 0 Å². The van der Waals surface area contributed by atoms with Crippen molar-refractivity contribution < 1.29 is 13.6 Å². The number of rotatable bonds is 3. The van der Waals surface area contributed by atoms with Crippen molar-refractivity contribution in [1.82, 2.24) is 9.88 Å². The van der Waals surface area contributed by atoms with Gasteiger partial charge in [0, 0.05) is 13.6 Å². The molecule has 0 radical (unpaired) electrons. The van der Waals surface area contributed by atoms with E-state index in [1.54, 1.807) is 14.0 Å². The SMILES string of the molecule is Cc1nc(N)sc1C(=O)N(C)Cc1ccc(F)c(F)c1. The summed E-state index contributed by atoms with van der Waals surface area (Å²) >= 11 is 1.11. The zero-order valence-electron chi connectivity index (χ0n) is 11.0. The third kappa shape index (κ3) is 2.93. The fourth-order valence-corrected chi connectivity index (χ4v) is 2.60. The molecule has 4 nitrogen and oxygen atoms in total. The Morgan fingerprint density at radius 1 is 1.40 bits per heavy atom. The highest BCUT2D eigenvalue weighted by Gasteiger charge is 2.18. The molecule has 0 unspecified atom stereocenters. The molecule has 0 spiro atoms. The van der Waals surface area contributed by atoms with Crippen LogP contribution < -0.4 is 5.73 Å². The second-order valence-corrected chi connectivity index (χ2v) is 5.41. The van der Waals surface area contributed by atoms with E-state index >= 15 is 0 Å². The molecule has 2 rings (SSSR count). The summed E-state index contributed by atoms with van der Waals surface area (Å²) in [4.78, 5) is 18.1. The van der Waals surface area contributed by atoms with Crippen LogP contribution >= 0.6 is 11.3 Å². The Labute approximate surface area is 118 Å². The minimum Gasteiger partial charge on any atom is -0.375 e. The molecule has 1 heterocycles. The smallest absolute Gasteiger partial charge is 0.265 e. The van der Waals surface area contributed by atoms with Gasteiger partial charge in [0.15, 0.2) is 16.8 Å². The Morgan fingerprint density at radius 2 is 2.10 bits per heavy atom. The number of aryl methyl sites for hydroxylation is 1. The molecule has 2 N–H and O–H groups in total. The predicted octanol–water partition coefficient (Wildman–Crippen LogP) is 2.58. The lowest BCUT2D eigenvalue weighted by atomic mass is 10.2. The van der Waals surface area contributed by atoms with Crippen molar-refractivity contribution in [3.63, 3.8) is 0 Å². The Balaban J connectivity index is 2.15. The maximum Gasteiger partial charge on any atom is 0.265 e. The van der Waals surface area contributed by atoms with Gasteiger partial charge in [-0.05, 0) is 24.6 Å². The van der Waals surface area contributed by atoms with Gasteiger partial charge in [-0.3, -0.25) is 4.79 Å². The molecule has 106 valence electrons. The van der Waals surface area contributed by atoms with E-state index in [-0.39, 0.29) is 12.5 Å². The number of carbonyl (C=O) groups excluding carboxylic acids is 1. The number of amides is 1. The van der Waals surface area contributed by atoms with Crippen LogP contribution in [0.2, 0.25) is 0 Å². The van der Waals surface area contributed by atoms with Crippen molar-refractivity contribution >= 4 is 22.4 Å². The summed E-state index contributed by atoms with van der Waals surface area (Å²) in [5.41, 5.74) is 6.63. The van der Waals surface area contributed by atoms with Gasteiger partial charge in [-0.1, -0.05) is 17.4 Å². The summed E-state index contributed by atoms with van der Waals surface area (Å²) in [7, 11) is 1.58. The van der Waals surface area contributed by atoms with E-state index in [0.717, 1.165) is 23.5 Å². The van der Waals surface area contributed by atoms with Crippen LogP contribution in [0.1, 0.15) is 20.9 Å². The molecule has 0 saturated heterocycles. The number of aromatic nitrogens is 1. The van der Waals surface area contributed by atoms with Crippen molar-refractivity contribution in [2.75, 3.05) is 12.8 Å². The number of hydrogen-bond acceptors (Lipinski definition) is 4. The summed E-state index contributed by atoms with van der Waals surface area (Å²) < 4.78 is 26.0. The Kier molecular flexibility index (Phi) is 3.99. The van der Waals surface area contributed by atoms with Crippen molar-refractivity contribution in [2.45, 2.75) is 13.5 Å². The second-order valence-electron chi connectivity index (χ2n) is 4.38. The van der Waals surface area contributed by atoms with E-state index < -0.39 is 11.6 Å². The van der Waals surface area contributed by atoms with E-state index in [2.05, 4.69) is 4.98 Å². The van der Waals surface area contributed by atoms with Gasteiger partial charge in [-0.25, -0.2) is 13.8 Å². The minimum absolute atomic E-state index is 0.174. The average Bonchev–Trinajstić information content (AvgIpc) is 2.72. The highest BCUT2D eigenvalue weighted by molar-refractivity contribution is 7.17. The third-order valence-corrected chi connectivity index (χ3v) is 3.73. The number of thiazole rings is 1. The summed E-state index contributed by atoms with van der Waals surface area (Å²) in [6, 6.07) is 3.56. The van der Waals surface area contributed by atoms with Crippen LogP contribution in [0.4, 0.5) is 13.9 Å². The summed E-state index contributed by atoms with van der Waals surface area (Å²) in [6.07, 6.45) is 0. The van der Waals surface area contributed by atoms with Gasteiger partial charge in [-0.2, -0.15) is 0 Å². The first kappa shape index (κ1) is 14.4. The number of nitrogens with two attached hydrogens (primary N) is 1. The molecule has 0 bridgehead atoms. The van der Waals surface area contributed by atoms with Gasteiger partial charge in [-0.15, -0.1) is 0 Å². The van der Waals surface area contributed by atoms with E-state index in [1.807, 2.05) is 0 Å². The molecule has 0 fully saturated rings. The Morgan fingerprint density at radius 3 is 2.65 bits per heavy atom. The van der Waals surface area contributed by atoms with Crippen LogP contribution in [-0.4, -0.2) is 22.8 Å². The van der Waals surface area contributed by atoms with E-state index in [4.69, 9.17) is 5.73 Å². The molecule has 20 heavy (non-hydrogen) atoms. The molecule has 1 aromatic carbocycles. The Bertz CT molecular complexity index is 657. The zero-order chi connectivity index (χ0) is 14.9. The van der Waals surface area contributed by atoms with Gasteiger partial charge in [0.1, 0.15) is 4.88 Å². The lowest BCUT2D eigenvalue weighted by molar-refractivity contribution is 0.0788. The van der Waals surface area contributed by atoms with Crippen LogP contribution in [-0.2, 0) is 6.54 Å². The van der Waals surface area contributed by atoms with Crippen LogP contribution in [0, 0.1) is 18.6 Å². The largest absolute Gasteiger partial charge is 0.375 e. The van der Waals surface area contributed by atoms with Crippen LogP contribution in [0.15, 0.2) is 18.2 Å². The molecule has 1 amide bonds. The first-order valence-corrected chi connectivity index (χ1v) is 6.62. The highest BCUT2D eigenvalue weighted by Crippen LogP contribution is 2.22. The summed E-state index contributed by atoms with van der Waals surface area (Å²) in [6.45, 7) is 1.87. The maximum atomic E-state index is 13.1. The van der Waals surface area contributed by atoms with Gasteiger partial charge in [0.05, 0.1) is 5.69 Å². The minimum atomic E-state index is -0.929. The molecule has 0 saturated carbocycles. The lowest BCUT2D eigenvalue weighted by Crippen LogP contribution is -2.26. The molecule has 7 heteroatoms. The first-order chi connectivity index (χ1) is 9.38. The maximum absolute atomic E-state index is 13.1. The van der Waals surface area contributed by atoms with Crippen molar-refractivity contribution in [3.8, 4) is 0 Å². The summed E-state index contributed by atoms with van der Waals surface area (Å²) in [5.74, 6) is -2.09. The first-order valence-electron chi connectivity index (χ1n) is 5.80. The number of halogens is 2. The van der Waals surface area contributed by atoms with Crippen LogP contribution in [0.5, 0.6) is 0 Å². The van der Waals surface area contributed by atoms with Crippen molar-refractivity contribution in [2.24, 2.45) is 0 Å². The van der Waals surface area contributed by atoms with Crippen molar-refractivity contribution in [3.05, 3.63) is 46.0 Å². The van der Waals surface area contributed by atoms with Gasteiger partial charge in [0.2, 0.25) is 0 Å². The molecular weight excluding hydrogens is 284 g/mol. The van der Waals surface area contributed by atoms with Gasteiger partial charge in [0.25, 0.3) is 5.91 Å². The predicted molar refractivity (Wildman–Crippen MR) is 73.4 cm³/mol. The fourth-order valence-electron chi connectivity index (χ4n) is 1.77. The lowest BCUT2D eigenvalue weighted by Gasteiger charge is -2.16. The number of nitrogens with zero attached hydrogens (tertiary/aromatic N) is 2. The molecule has 0 atom stereocenters. The van der Waals surface area contributed by atoms with E-state index in [9.17, 15) is 13.6 Å². The number of benzene rings is 1. The molecule has 0 aliphatic rings. The topological polar surface area (TPSA) is 59.2 Å². The summed E-state index contributed by atoms with van der Waals surface area (Å²) in [5, 5.41) is 0.326. The van der Waals surface area contributed by atoms with Gasteiger partial charge < -0.3 is 10.6 Å². The standard InChI is InChI=1S/C13H13F2N3OS/c1-7-11(20-13(16)17-7)12(19)18(2)6-8-3-4-9(14)10(15)5-8/h3-5H,6H2,1-2H3,(H2,16,17). The molecular formula is C13H13F2N3OS. The highest BCUT2D eigenvalue weighted by atomic mass is 32.1. The monoisotopic (exact) mass is 297 g/mol. The van der Waals surface area contributed by atoms with E-state index in [0.29, 0.717) is 21.3 Å². The molecule has 0 aliphatic heterocycles. The average molecular weight is 297 g/mol. The second kappa shape index (κ2) is 5.54. The number of anilines is 1. The number of nitrogen functional groups attached to an aromatic ring is 1. The molecule has 0 aliphatic carbocycles. The van der Waals surface area contributed by atoms with E-state index in [1.165, 1.54) is 11.0 Å². The quantitative estimate of drug-likeness (QED) is 0.947.